The molecule has 27 heavy (non-hydrogen) atoms. The predicted molar refractivity (Wildman–Crippen MR) is 104 cm³/mol. The largest absolute Gasteiger partial charge is 0.508 e. The maximum Gasteiger partial charge on any atom is 0.336 e. The number of nitriles is 1. The fourth-order valence-electron chi connectivity index (χ4n) is 3.11. The van der Waals surface area contributed by atoms with E-state index in [0.717, 1.165) is 16.5 Å². The van der Waals surface area contributed by atoms with Gasteiger partial charge in [-0.15, -0.1) is 0 Å². The highest BCUT2D eigenvalue weighted by Crippen LogP contribution is 2.28. The van der Waals surface area contributed by atoms with Gasteiger partial charge in [0.15, 0.2) is 0 Å². The van der Waals surface area contributed by atoms with E-state index in [1.165, 1.54) is 6.07 Å². The van der Waals surface area contributed by atoms with Crippen molar-refractivity contribution >= 4 is 11.0 Å². The molecule has 138 valence electrons. The molecule has 5 nitrogen and oxygen atoms in total. The van der Waals surface area contributed by atoms with Crippen molar-refractivity contribution in [2.24, 2.45) is 0 Å². The zero-order chi connectivity index (χ0) is 19.6. The van der Waals surface area contributed by atoms with Crippen LogP contribution in [0.1, 0.15) is 36.1 Å². The molecule has 0 aliphatic carbocycles. The highest BCUT2D eigenvalue weighted by Gasteiger charge is 2.16. The summed E-state index contributed by atoms with van der Waals surface area (Å²) in [5.74, 6) is 0.112. The standard InChI is InChI=1S/C22H22N2O3/c1-14(2)24(12-17-6-4-16(11-23)5-7-17)13-18-10-21(26)27-22-15(3)20(25)9-8-19(18)22/h4-10,14,25H,12-13H2,1-3H3. The molecular weight excluding hydrogens is 340 g/mol. The molecule has 0 fully saturated rings. The summed E-state index contributed by atoms with van der Waals surface area (Å²) >= 11 is 0. The second-order valence-corrected chi connectivity index (χ2v) is 6.98. The van der Waals surface area contributed by atoms with Crippen molar-refractivity contribution < 1.29 is 9.52 Å². The quantitative estimate of drug-likeness (QED) is 0.692. The summed E-state index contributed by atoms with van der Waals surface area (Å²) in [6, 6.07) is 14.8. The van der Waals surface area contributed by atoms with Crippen LogP contribution < -0.4 is 5.63 Å². The lowest BCUT2D eigenvalue weighted by atomic mass is 10.0. The van der Waals surface area contributed by atoms with Gasteiger partial charge in [-0.2, -0.15) is 5.26 Å². The first kappa shape index (κ1) is 18.7. The Bertz CT molecular complexity index is 1060. The normalized spacial score (nSPS) is 11.3. The van der Waals surface area contributed by atoms with Gasteiger partial charge >= 0.3 is 5.63 Å². The van der Waals surface area contributed by atoms with Crippen molar-refractivity contribution in [1.29, 1.82) is 5.26 Å². The Balaban J connectivity index is 1.96. The average molecular weight is 362 g/mol. The van der Waals surface area contributed by atoms with Crippen LogP contribution in [0.5, 0.6) is 5.75 Å². The Hall–Kier alpha value is -3.10. The third kappa shape index (κ3) is 4.02. The van der Waals surface area contributed by atoms with Crippen LogP contribution in [0.25, 0.3) is 11.0 Å². The van der Waals surface area contributed by atoms with Crippen LogP contribution in [0.4, 0.5) is 0 Å². The minimum Gasteiger partial charge on any atom is -0.508 e. The molecule has 1 heterocycles. The lowest BCUT2D eigenvalue weighted by Crippen LogP contribution is -2.30. The van der Waals surface area contributed by atoms with Crippen LogP contribution in [-0.4, -0.2) is 16.0 Å². The summed E-state index contributed by atoms with van der Waals surface area (Å²) in [5, 5.41) is 19.7. The van der Waals surface area contributed by atoms with Gasteiger partial charge in [-0.3, -0.25) is 4.90 Å². The molecule has 0 aliphatic rings. The third-order valence-corrected chi connectivity index (χ3v) is 4.79. The molecule has 0 spiro atoms. The van der Waals surface area contributed by atoms with E-state index >= 15 is 0 Å². The van der Waals surface area contributed by atoms with E-state index in [-0.39, 0.29) is 11.8 Å². The number of phenolic OH excluding ortho intramolecular Hbond substituents is 1. The highest BCUT2D eigenvalue weighted by atomic mass is 16.4. The first-order valence-corrected chi connectivity index (χ1v) is 8.87. The van der Waals surface area contributed by atoms with Crippen LogP contribution in [0, 0.1) is 18.3 Å². The van der Waals surface area contributed by atoms with Crippen LogP contribution >= 0.6 is 0 Å². The fraction of sp³-hybridized carbons (Fsp3) is 0.273. The van der Waals surface area contributed by atoms with Gasteiger partial charge in [-0.25, -0.2) is 4.79 Å². The van der Waals surface area contributed by atoms with Crippen LogP contribution in [0.3, 0.4) is 0 Å². The Morgan fingerprint density at radius 2 is 1.85 bits per heavy atom. The zero-order valence-electron chi connectivity index (χ0n) is 15.7. The highest BCUT2D eigenvalue weighted by molar-refractivity contribution is 5.84. The van der Waals surface area contributed by atoms with Crippen LogP contribution in [-0.2, 0) is 13.1 Å². The van der Waals surface area contributed by atoms with Crippen molar-refractivity contribution in [2.45, 2.75) is 39.9 Å². The van der Waals surface area contributed by atoms with E-state index in [1.54, 1.807) is 19.1 Å². The van der Waals surface area contributed by atoms with Gasteiger partial charge in [0.1, 0.15) is 11.3 Å². The third-order valence-electron chi connectivity index (χ3n) is 4.79. The number of aryl methyl sites for hydroxylation is 1. The Labute approximate surface area is 158 Å². The number of benzene rings is 2. The molecule has 3 aromatic rings. The maximum atomic E-state index is 12.1. The molecule has 1 aromatic heterocycles. The lowest BCUT2D eigenvalue weighted by Gasteiger charge is -2.27. The van der Waals surface area contributed by atoms with Gasteiger partial charge < -0.3 is 9.52 Å². The molecule has 1 N–H and O–H groups in total. The number of fused-ring (bicyclic) bond motifs is 1. The lowest BCUT2D eigenvalue weighted by molar-refractivity contribution is 0.204. The Morgan fingerprint density at radius 3 is 2.48 bits per heavy atom. The number of phenols is 1. The summed E-state index contributed by atoms with van der Waals surface area (Å²) in [6.07, 6.45) is 0. The van der Waals surface area contributed by atoms with Gasteiger partial charge in [0.25, 0.3) is 0 Å². The number of nitrogens with zero attached hydrogens (tertiary/aromatic N) is 2. The van der Waals surface area contributed by atoms with Gasteiger partial charge in [0, 0.05) is 36.1 Å². The van der Waals surface area contributed by atoms with Gasteiger partial charge in [-0.05, 0) is 56.2 Å². The summed E-state index contributed by atoms with van der Waals surface area (Å²) < 4.78 is 5.34. The molecule has 0 unspecified atom stereocenters. The molecule has 5 heteroatoms. The zero-order valence-corrected chi connectivity index (χ0v) is 15.7. The van der Waals surface area contributed by atoms with E-state index in [9.17, 15) is 9.90 Å². The fourth-order valence-corrected chi connectivity index (χ4v) is 3.11. The average Bonchev–Trinajstić information content (AvgIpc) is 2.65. The molecule has 3 rings (SSSR count). The van der Waals surface area contributed by atoms with Crippen molar-refractivity contribution in [3.63, 3.8) is 0 Å². The van der Waals surface area contributed by atoms with E-state index in [0.29, 0.717) is 29.8 Å². The minimum absolute atomic E-state index is 0.112. The topological polar surface area (TPSA) is 77.5 Å². The second kappa shape index (κ2) is 7.65. The van der Waals surface area contributed by atoms with Gasteiger partial charge in [0.2, 0.25) is 0 Å². The van der Waals surface area contributed by atoms with Gasteiger partial charge in [-0.1, -0.05) is 12.1 Å². The minimum atomic E-state index is -0.423. The van der Waals surface area contributed by atoms with Gasteiger partial charge in [0.05, 0.1) is 11.6 Å². The number of aromatic hydroxyl groups is 1. The summed E-state index contributed by atoms with van der Waals surface area (Å²) in [6.45, 7) is 7.22. The first-order valence-electron chi connectivity index (χ1n) is 8.87. The van der Waals surface area contributed by atoms with Crippen molar-refractivity contribution in [3.05, 3.63) is 75.1 Å². The Morgan fingerprint density at radius 1 is 1.15 bits per heavy atom. The van der Waals surface area contributed by atoms with E-state index in [4.69, 9.17) is 9.68 Å². The summed E-state index contributed by atoms with van der Waals surface area (Å²) in [5.41, 5.74) is 3.18. The predicted octanol–water partition coefficient (Wildman–Crippen LogP) is 4.09. The molecule has 0 radical (unpaired) electrons. The SMILES string of the molecule is Cc1c(O)ccc2c(CN(Cc3ccc(C#N)cc3)C(C)C)cc(=O)oc12. The van der Waals surface area contributed by atoms with E-state index in [1.807, 2.05) is 24.3 Å². The number of rotatable bonds is 5. The van der Waals surface area contributed by atoms with Crippen LogP contribution in [0.2, 0.25) is 0 Å². The smallest absolute Gasteiger partial charge is 0.336 e. The Kier molecular flexibility index (Phi) is 5.29. The molecule has 0 atom stereocenters. The number of hydrogen-bond acceptors (Lipinski definition) is 5. The molecule has 0 bridgehead atoms. The van der Waals surface area contributed by atoms with Crippen molar-refractivity contribution in [3.8, 4) is 11.8 Å². The van der Waals surface area contributed by atoms with E-state index < -0.39 is 5.63 Å². The molecule has 0 saturated carbocycles. The molecule has 0 saturated heterocycles. The van der Waals surface area contributed by atoms with Crippen molar-refractivity contribution in [2.75, 3.05) is 0 Å². The van der Waals surface area contributed by atoms with Crippen molar-refractivity contribution in [1.82, 2.24) is 4.90 Å². The number of hydrogen-bond donors (Lipinski definition) is 1. The second-order valence-electron chi connectivity index (χ2n) is 6.98. The first-order chi connectivity index (χ1) is 12.9. The maximum absolute atomic E-state index is 12.1. The molecular formula is C22H22N2O3. The van der Waals surface area contributed by atoms with E-state index in [2.05, 4.69) is 24.8 Å². The van der Waals surface area contributed by atoms with Crippen LogP contribution in [0.15, 0.2) is 51.7 Å². The monoisotopic (exact) mass is 362 g/mol. The molecule has 0 aliphatic heterocycles. The molecule has 0 amide bonds. The molecule has 2 aromatic carbocycles. The summed E-state index contributed by atoms with van der Waals surface area (Å²) in [4.78, 5) is 14.3. The summed E-state index contributed by atoms with van der Waals surface area (Å²) in [7, 11) is 0.